The van der Waals surface area contributed by atoms with Crippen LogP contribution in [0.3, 0.4) is 0 Å². The van der Waals surface area contributed by atoms with Gasteiger partial charge < -0.3 is 9.73 Å². The average Bonchev–Trinajstić information content (AvgIpc) is 2.99. The molecule has 0 bridgehead atoms. The van der Waals surface area contributed by atoms with Crippen molar-refractivity contribution in [3.05, 3.63) is 17.8 Å². The van der Waals surface area contributed by atoms with Crippen LogP contribution in [0.2, 0.25) is 0 Å². The number of rotatable bonds is 7. The molecule has 3 nitrogen and oxygen atoms in total. The van der Waals surface area contributed by atoms with Gasteiger partial charge in [0.25, 0.3) is 0 Å². The van der Waals surface area contributed by atoms with Crippen molar-refractivity contribution in [3.63, 3.8) is 0 Å². The zero-order valence-electron chi connectivity index (χ0n) is 10.9. The summed E-state index contributed by atoms with van der Waals surface area (Å²) in [5.74, 6) is 2.69. The van der Waals surface area contributed by atoms with Crippen LogP contribution in [0.5, 0.6) is 0 Å². The summed E-state index contributed by atoms with van der Waals surface area (Å²) in [5.41, 5.74) is 0. The van der Waals surface area contributed by atoms with Gasteiger partial charge in [-0.3, -0.25) is 0 Å². The molecule has 0 amide bonds. The number of aromatic nitrogens is 1. The smallest absolute Gasteiger partial charge is 0.194 e. The highest BCUT2D eigenvalue weighted by Crippen LogP contribution is 2.34. The molecule has 0 aliphatic heterocycles. The summed E-state index contributed by atoms with van der Waals surface area (Å²) < 4.78 is 5.84. The highest BCUT2D eigenvalue weighted by molar-refractivity contribution is 5.03. The molecule has 1 saturated carbocycles. The standard InChI is InChI=1S/C14H24N2O/c1-2-9-15-10-5-8-14-16-11-13(17-14)12-6-3-4-7-12/h11-12,15H,2-10H2,1H3. The molecule has 2 rings (SSSR count). The zero-order valence-corrected chi connectivity index (χ0v) is 10.9. The third kappa shape index (κ3) is 3.84. The second kappa shape index (κ2) is 6.80. The Morgan fingerprint density at radius 2 is 2.18 bits per heavy atom. The lowest BCUT2D eigenvalue weighted by Crippen LogP contribution is -2.16. The second-order valence-electron chi connectivity index (χ2n) is 4.99. The lowest BCUT2D eigenvalue weighted by atomic mass is 10.1. The Kier molecular flexibility index (Phi) is 5.05. The van der Waals surface area contributed by atoms with Crippen LogP contribution < -0.4 is 5.32 Å². The Balaban J connectivity index is 1.70. The normalized spacial score (nSPS) is 16.8. The molecule has 0 aromatic carbocycles. The third-order valence-corrected chi connectivity index (χ3v) is 3.50. The molecule has 1 aliphatic rings. The van der Waals surface area contributed by atoms with Gasteiger partial charge in [0.15, 0.2) is 5.89 Å². The van der Waals surface area contributed by atoms with Gasteiger partial charge in [-0.05, 0) is 38.8 Å². The summed E-state index contributed by atoms with van der Waals surface area (Å²) in [6.07, 6.45) is 10.5. The molecule has 0 radical (unpaired) electrons. The van der Waals surface area contributed by atoms with Crippen molar-refractivity contribution in [1.29, 1.82) is 0 Å². The Labute approximate surface area is 104 Å². The second-order valence-corrected chi connectivity index (χ2v) is 4.99. The van der Waals surface area contributed by atoms with Crippen molar-refractivity contribution < 1.29 is 4.42 Å². The van der Waals surface area contributed by atoms with Crippen LogP contribution in [-0.4, -0.2) is 18.1 Å². The van der Waals surface area contributed by atoms with Gasteiger partial charge in [0.2, 0.25) is 0 Å². The summed E-state index contributed by atoms with van der Waals surface area (Å²) in [7, 11) is 0. The molecule has 0 saturated heterocycles. The quantitative estimate of drug-likeness (QED) is 0.738. The summed E-state index contributed by atoms with van der Waals surface area (Å²) in [5, 5.41) is 3.40. The number of hydrogen-bond acceptors (Lipinski definition) is 3. The van der Waals surface area contributed by atoms with Crippen LogP contribution >= 0.6 is 0 Å². The van der Waals surface area contributed by atoms with E-state index < -0.39 is 0 Å². The summed E-state index contributed by atoms with van der Waals surface area (Å²) >= 11 is 0. The first-order chi connectivity index (χ1) is 8.40. The lowest BCUT2D eigenvalue weighted by Gasteiger charge is -2.03. The zero-order chi connectivity index (χ0) is 11.9. The Bertz CT molecular complexity index is 316. The molecule has 0 atom stereocenters. The van der Waals surface area contributed by atoms with Gasteiger partial charge in [0, 0.05) is 12.3 Å². The molecule has 17 heavy (non-hydrogen) atoms. The molecular formula is C14H24N2O. The fourth-order valence-electron chi connectivity index (χ4n) is 2.51. The van der Waals surface area contributed by atoms with Gasteiger partial charge in [0.05, 0.1) is 6.20 Å². The molecule has 1 fully saturated rings. The minimum atomic E-state index is 0.648. The predicted octanol–water partition coefficient (Wildman–Crippen LogP) is 3.26. The topological polar surface area (TPSA) is 38.1 Å². The van der Waals surface area contributed by atoms with Gasteiger partial charge in [0.1, 0.15) is 5.76 Å². The van der Waals surface area contributed by atoms with Crippen molar-refractivity contribution in [2.24, 2.45) is 0 Å². The molecular weight excluding hydrogens is 212 g/mol. The van der Waals surface area contributed by atoms with Crippen molar-refractivity contribution in [2.75, 3.05) is 13.1 Å². The van der Waals surface area contributed by atoms with Crippen molar-refractivity contribution in [3.8, 4) is 0 Å². The van der Waals surface area contributed by atoms with Crippen LogP contribution in [-0.2, 0) is 6.42 Å². The van der Waals surface area contributed by atoms with Gasteiger partial charge in [-0.25, -0.2) is 4.98 Å². The molecule has 1 aromatic rings. The van der Waals surface area contributed by atoms with Crippen LogP contribution in [0.4, 0.5) is 0 Å². The predicted molar refractivity (Wildman–Crippen MR) is 69.2 cm³/mol. The Morgan fingerprint density at radius 1 is 1.35 bits per heavy atom. The fraction of sp³-hybridized carbons (Fsp3) is 0.786. The van der Waals surface area contributed by atoms with E-state index in [-0.39, 0.29) is 0 Å². The molecule has 96 valence electrons. The summed E-state index contributed by atoms with van der Waals surface area (Å²) in [6, 6.07) is 0. The van der Waals surface area contributed by atoms with Crippen molar-refractivity contribution >= 4 is 0 Å². The van der Waals surface area contributed by atoms with E-state index in [2.05, 4.69) is 17.2 Å². The van der Waals surface area contributed by atoms with E-state index in [9.17, 15) is 0 Å². The van der Waals surface area contributed by atoms with Crippen LogP contribution in [0.1, 0.15) is 63.0 Å². The summed E-state index contributed by atoms with van der Waals surface area (Å²) in [4.78, 5) is 4.38. The van der Waals surface area contributed by atoms with Crippen LogP contribution in [0, 0.1) is 0 Å². The minimum Gasteiger partial charge on any atom is -0.445 e. The first kappa shape index (κ1) is 12.6. The molecule has 1 aromatic heterocycles. The van der Waals surface area contributed by atoms with Crippen LogP contribution in [0.25, 0.3) is 0 Å². The third-order valence-electron chi connectivity index (χ3n) is 3.50. The fourth-order valence-corrected chi connectivity index (χ4v) is 2.51. The first-order valence-corrected chi connectivity index (χ1v) is 7.05. The van der Waals surface area contributed by atoms with E-state index >= 15 is 0 Å². The lowest BCUT2D eigenvalue weighted by molar-refractivity contribution is 0.418. The van der Waals surface area contributed by atoms with Gasteiger partial charge in [-0.1, -0.05) is 19.8 Å². The molecule has 1 N–H and O–H groups in total. The van der Waals surface area contributed by atoms with E-state index in [1.165, 1.54) is 32.1 Å². The van der Waals surface area contributed by atoms with Gasteiger partial charge in [-0.2, -0.15) is 0 Å². The SMILES string of the molecule is CCCNCCCc1ncc(C2CCCC2)o1. The number of aryl methyl sites for hydroxylation is 1. The Morgan fingerprint density at radius 3 is 2.94 bits per heavy atom. The molecule has 0 spiro atoms. The molecule has 0 unspecified atom stereocenters. The largest absolute Gasteiger partial charge is 0.445 e. The maximum atomic E-state index is 5.84. The number of hydrogen-bond donors (Lipinski definition) is 1. The van der Waals surface area contributed by atoms with E-state index in [0.717, 1.165) is 37.6 Å². The first-order valence-electron chi connectivity index (χ1n) is 7.05. The maximum Gasteiger partial charge on any atom is 0.194 e. The number of oxazole rings is 1. The number of nitrogens with one attached hydrogen (secondary N) is 1. The van der Waals surface area contributed by atoms with E-state index in [0.29, 0.717) is 5.92 Å². The van der Waals surface area contributed by atoms with E-state index in [1.807, 2.05) is 6.20 Å². The van der Waals surface area contributed by atoms with Crippen molar-refractivity contribution in [2.45, 2.75) is 57.8 Å². The maximum absolute atomic E-state index is 5.84. The Hall–Kier alpha value is -0.830. The van der Waals surface area contributed by atoms with E-state index in [1.54, 1.807) is 0 Å². The van der Waals surface area contributed by atoms with Gasteiger partial charge in [-0.15, -0.1) is 0 Å². The average molecular weight is 236 g/mol. The highest BCUT2D eigenvalue weighted by Gasteiger charge is 2.20. The minimum absolute atomic E-state index is 0.648. The van der Waals surface area contributed by atoms with E-state index in [4.69, 9.17) is 4.42 Å². The molecule has 1 heterocycles. The number of nitrogens with zero attached hydrogens (tertiary/aromatic N) is 1. The van der Waals surface area contributed by atoms with Gasteiger partial charge >= 0.3 is 0 Å². The summed E-state index contributed by atoms with van der Waals surface area (Å²) in [6.45, 7) is 4.36. The van der Waals surface area contributed by atoms with Crippen LogP contribution in [0.15, 0.2) is 10.6 Å². The molecule has 1 aliphatic carbocycles. The monoisotopic (exact) mass is 236 g/mol. The highest BCUT2D eigenvalue weighted by atomic mass is 16.4. The van der Waals surface area contributed by atoms with Crippen molar-refractivity contribution in [1.82, 2.24) is 10.3 Å². The molecule has 3 heteroatoms.